The van der Waals surface area contributed by atoms with E-state index in [1.165, 1.54) is 31.4 Å². The van der Waals surface area contributed by atoms with Gasteiger partial charge < -0.3 is 15.2 Å². The maximum absolute atomic E-state index is 13.8. The van der Waals surface area contributed by atoms with Gasteiger partial charge in [0.05, 0.1) is 7.11 Å². The standard InChI is InChI=1S/C19H17F2NO4/c1-26-17-5-2-10(6-15(17)19(24)25)9-22-18(23)14-8-13(14)12-4-3-11(20)7-16(12)21/h2-7,13-14H,8-9H2,1H3,(H,22,23)(H,24,25)/t13-,14+/m0/s1. The molecule has 0 radical (unpaired) electrons. The molecule has 0 unspecified atom stereocenters. The predicted molar refractivity (Wildman–Crippen MR) is 89.0 cm³/mol. The summed E-state index contributed by atoms with van der Waals surface area (Å²) in [5, 5.41) is 11.9. The fraction of sp³-hybridized carbons (Fsp3) is 0.263. The van der Waals surface area contributed by atoms with Crippen molar-refractivity contribution in [2.75, 3.05) is 7.11 Å². The Morgan fingerprint density at radius 3 is 2.65 bits per heavy atom. The van der Waals surface area contributed by atoms with Crippen molar-refractivity contribution in [3.05, 3.63) is 64.7 Å². The lowest BCUT2D eigenvalue weighted by Crippen LogP contribution is -2.25. The molecule has 0 heterocycles. The van der Waals surface area contributed by atoms with Gasteiger partial charge in [-0.2, -0.15) is 0 Å². The largest absolute Gasteiger partial charge is 0.496 e. The molecule has 1 aliphatic rings. The van der Waals surface area contributed by atoms with E-state index in [9.17, 15) is 23.5 Å². The number of carboxylic acids is 1. The summed E-state index contributed by atoms with van der Waals surface area (Å²) in [7, 11) is 1.38. The topological polar surface area (TPSA) is 75.6 Å². The van der Waals surface area contributed by atoms with Crippen molar-refractivity contribution in [1.29, 1.82) is 0 Å². The minimum absolute atomic E-state index is 0.0110. The number of methoxy groups -OCH3 is 1. The summed E-state index contributed by atoms with van der Waals surface area (Å²) in [5.41, 5.74) is 0.961. The third-order valence-corrected chi connectivity index (χ3v) is 4.45. The van der Waals surface area contributed by atoms with Crippen LogP contribution < -0.4 is 10.1 Å². The Hall–Kier alpha value is -2.96. The van der Waals surface area contributed by atoms with Crippen molar-refractivity contribution in [3.63, 3.8) is 0 Å². The maximum atomic E-state index is 13.8. The maximum Gasteiger partial charge on any atom is 0.339 e. The Labute approximate surface area is 148 Å². The number of nitrogens with one attached hydrogen (secondary N) is 1. The molecule has 2 atom stereocenters. The number of carboxylic acid groups (broad SMARTS) is 1. The van der Waals surface area contributed by atoms with E-state index in [0.717, 1.165) is 6.07 Å². The summed E-state index contributed by atoms with van der Waals surface area (Å²) in [4.78, 5) is 23.4. The van der Waals surface area contributed by atoms with E-state index in [4.69, 9.17) is 4.74 Å². The van der Waals surface area contributed by atoms with E-state index in [1.54, 1.807) is 6.07 Å². The van der Waals surface area contributed by atoms with Crippen LogP contribution >= 0.6 is 0 Å². The second-order valence-electron chi connectivity index (χ2n) is 6.17. The first kappa shape index (κ1) is 17.8. The average Bonchev–Trinajstić information content (AvgIpc) is 3.39. The number of benzene rings is 2. The quantitative estimate of drug-likeness (QED) is 0.829. The Kier molecular flexibility index (Phi) is 4.88. The zero-order valence-corrected chi connectivity index (χ0v) is 14.0. The van der Waals surface area contributed by atoms with E-state index >= 15 is 0 Å². The molecule has 1 aliphatic carbocycles. The number of hydrogen-bond acceptors (Lipinski definition) is 3. The van der Waals surface area contributed by atoms with E-state index < -0.39 is 17.6 Å². The Balaban J connectivity index is 1.62. The van der Waals surface area contributed by atoms with Crippen molar-refractivity contribution in [3.8, 4) is 5.75 Å². The minimum atomic E-state index is -1.12. The number of rotatable bonds is 6. The van der Waals surface area contributed by atoms with Crippen LogP contribution in [0.4, 0.5) is 8.78 Å². The summed E-state index contributed by atoms with van der Waals surface area (Å²) < 4.78 is 31.7. The average molecular weight is 361 g/mol. The fourth-order valence-electron chi connectivity index (χ4n) is 2.98. The van der Waals surface area contributed by atoms with Crippen LogP contribution in [0.1, 0.15) is 33.8 Å². The third kappa shape index (κ3) is 3.66. The monoisotopic (exact) mass is 361 g/mol. The summed E-state index contributed by atoms with van der Waals surface area (Å²) in [6.07, 6.45) is 0.497. The highest BCUT2D eigenvalue weighted by molar-refractivity contribution is 5.91. The van der Waals surface area contributed by atoms with Crippen LogP contribution in [-0.2, 0) is 11.3 Å². The van der Waals surface area contributed by atoms with Crippen LogP contribution in [-0.4, -0.2) is 24.1 Å². The first-order chi connectivity index (χ1) is 12.4. The molecule has 0 spiro atoms. The van der Waals surface area contributed by atoms with Crippen LogP contribution in [0.5, 0.6) is 5.75 Å². The molecule has 5 nitrogen and oxygen atoms in total. The van der Waals surface area contributed by atoms with E-state index in [1.807, 2.05) is 0 Å². The number of halogens is 2. The van der Waals surface area contributed by atoms with Crippen LogP contribution in [0.15, 0.2) is 36.4 Å². The first-order valence-electron chi connectivity index (χ1n) is 8.03. The molecule has 3 rings (SSSR count). The Bertz CT molecular complexity index is 869. The lowest BCUT2D eigenvalue weighted by Gasteiger charge is -2.09. The van der Waals surface area contributed by atoms with Gasteiger partial charge >= 0.3 is 5.97 Å². The number of amides is 1. The summed E-state index contributed by atoms with van der Waals surface area (Å²) in [5.74, 6) is -3.06. The SMILES string of the molecule is COc1ccc(CNC(=O)[C@@H]2C[C@H]2c2ccc(F)cc2F)cc1C(=O)O. The van der Waals surface area contributed by atoms with Gasteiger partial charge in [0, 0.05) is 18.5 Å². The van der Waals surface area contributed by atoms with E-state index in [-0.39, 0.29) is 35.6 Å². The van der Waals surface area contributed by atoms with Crippen LogP contribution in [0, 0.1) is 17.6 Å². The van der Waals surface area contributed by atoms with Gasteiger partial charge in [-0.25, -0.2) is 13.6 Å². The molecular weight excluding hydrogens is 344 g/mol. The molecule has 2 N–H and O–H groups in total. The van der Waals surface area contributed by atoms with Crippen molar-refractivity contribution in [2.24, 2.45) is 5.92 Å². The first-order valence-corrected chi connectivity index (χ1v) is 8.03. The molecule has 0 aromatic heterocycles. The zero-order valence-electron chi connectivity index (χ0n) is 14.0. The number of carbonyl (C=O) groups excluding carboxylic acids is 1. The number of ether oxygens (including phenoxy) is 1. The second-order valence-corrected chi connectivity index (χ2v) is 6.17. The predicted octanol–water partition coefficient (Wildman–Crippen LogP) is 3.09. The van der Waals surface area contributed by atoms with E-state index in [0.29, 0.717) is 17.5 Å². The molecule has 2 aromatic carbocycles. The fourth-order valence-corrected chi connectivity index (χ4v) is 2.98. The molecule has 1 saturated carbocycles. The number of carbonyl (C=O) groups is 2. The smallest absolute Gasteiger partial charge is 0.339 e. The summed E-state index contributed by atoms with van der Waals surface area (Å²) >= 11 is 0. The molecule has 1 fully saturated rings. The highest BCUT2D eigenvalue weighted by atomic mass is 19.1. The van der Waals surface area contributed by atoms with Gasteiger partial charge in [-0.05, 0) is 41.7 Å². The van der Waals surface area contributed by atoms with Gasteiger partial charge in [0.1, 0.15) is 22.9 Å². The normalized spacial score (nSPS) is 18.3. The highest BCUT2D eigenvalue weighted by Crippen LogP contribution is 2.48. The molecule has 7 heteroatoms. The summed E-state index contributed by atoms with van der Waals surface area (Å²) in [6.45, 7) is 0.151. The van der Waals surface area contributed by atoms with Crippen LogP contribution in [0.2, 0.25) is 0 Å². The van der Waals surface area contributed by atoms with Gasteiger partial charge in [0.25, 0.3) is 0 Å². The molecule has 0 bridgehead atoms. The van der Waals surface area contributed by atoms with Gasteiger partial charge in [0.15, 0.2) is 0 Å². The van der Waals surface area contributed by atoms with Crippen molar-refractivity contribution in [2.45, 2.75) is 18.9 Å². The van der Waals surface area contributed by atoms with Gasteiger partial charge in [-0.1, -0.05) is 12.1 Å². The molecule has 0 aliphatic heterocycles. The van der Waals surface area contributed by atoms with Crippen molar-refractivity contribution < 1.29 is 28.2 Å². The van der Waals surface area contributed by atoms with Crippen molar-refractivity contribution in [1.82, 2.24) is 5.32 Å². The van der Waals surface area contributed by atoms with Crippen LogP contribution in [0.25, 0.3) is 0 Å². The zero-order chi connectivity index (χ0) is 18.8. The van der Waals surface area contributed by atoms with Gasteiger partial charge in [0.2, 0.25) is 5.91 Å². The Morgan fingerprint density at radius 1 is 1.23 bits per heavy atom. The van der Waals surface area contributed by atoms with Crippen LogP contribution in [0.3, 0.4) is 0 Å². The highest BCUT2D eigenvalue weighted by Gasteiger charge is 2.45. The molecule has 1 amide bonds. The third-order valence-electron chi connectivity index (χ3n) is 4.45. The van der Waals surface area contributed by atoms with Crippen molar-refractivity contribution >= 4 is 11.9 Å². The number of hydrogen-bond donors (Lipinski definition) is 2. The molecule has 0 saturated heterocycles. The van der Waals surface area contributed by atoms with Gasteiger partial charge in [-0.3, -0.25) is 4.79 Å². The molecular formula is C19H17F2NO4. The minimum Gasteiger partial charge on any atom is -0.496 e. The lowest BCUT2D eigenvalue weighted by atomic mass is 10.1. The molecule has 2 aromatic rings. The lowest BCUT2D eigenvalue weighted by molar-refractivity contribution is -0.122. The van der Waals surface area contributed by atoms with Gasteiger partial charge in [-0.15, -0.1) is 0 Å². The van der Waals surface area contributed by atoms with E-state index in [2.05, 4.69) is 5.32 Å². The Morgan fingerprint density at radius 2 is 2.00 bits per heavy atom. The molecule has 136 valence electrons. The second kappa shape index (κ2) is 7.11. The number of aromatic carboxylic acids is 1. The molecule has 26 heavy (non-hydrogen) atoms. The summed E-state index contributed by atoms with van der Waals surface area (Å²) in [6, 6.07) is 7.98.